The minimum Gasteiger partial charge on any atom is -0.393 e. The highest BCUT2D eigenvalue weighted by molar-refractivity contribution is 4.88. The Morgan fingerprint density at radius 3 is 2.40 bits per heavy atom. The third-order valence-electron chi connectivity index (χ3n) is 4.75. The van der Waals surface area contributed by atoms with Gasteiger partial charge in [0.2, 0.25) is 0 Å². The van der Waals surface area contributed by atoms with Gasteiger partial charge in [-0.3, -0.25) is 0 Å². The van der Waals surface area contributed by atoms with Gasteiger partial charge in [0.05, 0.1) is 6.10 Å². The molecule has 1 N–H and O–H groups in total. The topological polar surface area (TPSA) is 23.5 Å². The molecule has 2 nitrogen and oxygen atoms in total. The first kappa shape index (κ1) is 11.4. The number of piperidine rings is 1. The molecule has 2 rings (SSSR count). The van der Waals surface area contributed by atoms with Crippen molar-refractivity contribution >= 4 is 0 Å². The molecular formula is C13H25NO. The van der Waals surface area contributed by atoms with Crippen LogP contribution in [0.15, 0.2) is 0 Å². The Labute approximate surface area is 93.7 Å². The molecule has 15 heavy (non-hydrogen) atoms. The Morgan fingerprint density at radius 1 is 1.27 bits per heavy atom. The van der Waals surface area contributed by atoms with E-state index in [1.54, 1.807) is 0 Å². The zero-order valence-corrected chi connectivity index (χ0v) is 10.2. The van der Waals surface area contributed by atoms with E-state index in [2.05, 4.69) is 18.7 Å². The van der Waals surface area contributed by atoms with Gasteiger partial charge in [-0.15, -0.1) is 0 Å². The Hall–Kier alpha value is -0.0800. The smallest absolute Gasteiger partial charge is 0.0555 e. The van der Waals surface area contributed by atoms with Crippen LogP contribution >= 0.6 is 0 Å². The average molecular weight is 211 g/mol. The van der Waals surface area contributed by atoms with Crippen molar-refractivity contribution in [3.05, 3.63) is 0 Å². The van der Waals surface area contributed by atoms with Crippen LogP contribution < -0.4 is 0 Å². The maximum atomic E-state index is 9.55. The summed E-state index contributed by atoms with van der Waals surface area (Å²) in [6, 6.07) is 0.682. The zero-order chi connectivity index (χ0) is 10.9. The molecule has 1 heterocycles. The van der Waals surface area contributed by atoms with Crippen LogP contribution in [0, 0.1) is 5.41 Å². The van der Waals surface area contributed by atoms with Crippen LogP contribution in [0.5, 0.6) is 0 Å². The molecule has 0 aromatic carbocycles. The fourth-order valence-corrected chi connectivity index (χ4v) is 3.05. The van der Waals surface area contributed by atoms with Gasteiger partial charge >= 0.3 is 0 Å². The van der Waals surface area contributed by atoms with Gasteiger partial charge < -0.3 is 10.0 Å². The minimum atomic E-state index is -0.0190. The van der Waals surface area contributed by atoms with E-state index in [1.807, 2.05) is 0 Å². The number of aliphatic hydroxyl groups is 1. The van der Waals surface area contributed by atoms with Crippen LogP contribution in [0.2, 0.25) is 0 Å². The summed E-state index contributed by atoms with van der Waals surface area (Å²) < 4.78 is 0. The van der Waals surface area contributed by atoms with E-state index in [1.165, 1.54) is 38.8 Å². The maximum absolute atomic E-state index is 9.55. The summed E-state index contributed by atoms with van der Waals surface area (Å²) in [4.78, 5) is 2.62. The molecule has 0 aromatic rings. The predicted octanol–water partition coefficient (Wildman–Crippen LogP) is 2.41. The summed E-state index contributed by atoms with van der Waals surface area (Å²) in [6.07, 6.45) is 7.23. The Kier molecular flexibility index (Phi) is 3.36. The second-order valence-electron chi connectivity index (χ2n) is 5.82. The number of hydrogen-bond acceptors (Lipinski definition) is 2. The van der Waals surface area contributed by atoms with E-state index in [0.717, 1.165) is 12.8 Å². The highest BCUT2D eigenvalue weighted by atomic mass is 16.3. The molecule has 0 spiro atoms. The lowest BCUT2D eigenvalue weighted by atomic mass is 9.78. The summed E-state index contributed by atoms with van der Waals surface area (Å²) in [5.74, 6) is 0. The van der Waals surface area contributed by atoms with E-state index >= 15 is 0 Å². The molecular weight excluding hydrogens is 186 g/mol. The van der Waals surface area contributed by atoms with Gasteiger partial charge in [-0.2, -0.15) is 0 Å². The second kappa shape index (κ2) is 4.42. The number of rotatable bonds is 2. The lowest BCUT2D eigenvalue weighted by Gasteiger charge is -2.41. The van der Waals surface area contributed by atoms with E-state index in [4.69, 9.17) is 0 Å². The van der Waals surface area contributed by atoms with Crippen LogP contribution in [0.3, 0.4) is 0 Å². The van der Waals surface area contributed by atoms with Gasteiger partial charge in [0.25, 0.3) is 0 Å². The quantitative estimate of drug-likeness (QED) is 0.758. The summed E-state index contributed by atoms with van der Waals surface area (Å²) in [5, 5.41) is 9.55. The van der Waals surface area contributed by atoms with Gasteiger partial charge in [0.15, 0.2) is 0 Å². The molecule has 2 unspecified atom stereocenters. The second-order valence-corrected chi connectivity index (χ2v) is 5.82. The predicted molar refractivity (Wildman–Crippen MR) is 62.9 cm³/mol. The molecule has 1 saturated carbocycles. The van der Waals surface area contributed by atoms with E-state index < -0.39 is 0 Å². The van der Waals surface area contributed by atoms with Crippen molar-refractivity contribution < 1.29 is 5.11 Å². The van der Waals surface area contributed by atoms with Gasteiger partial charge in [0, 0.05) is 6.04 Å². The molecule has 1 aliphatic carbocycles. The van der Waals surface area contributed by atoms with Crippen molar-refractivity contribution in [3.8, 4) is 0 Å². The molecule has 0 bridgehead atoms. The third-order valence-corrected chi connectivity index (χ3v) is 4.75. The molecule has 88 valence electrons. The number of hydrogen-bond donors (Lipinski definition) is 1. The minimum absolute atomic E-state index is 0.0190. The molecule has 2 fully saturated rings. The van der Waals surface area contributed by atoms with Crippen molar-refractivity contribution in [2.24, 2.45) is 5.41 Å². The number of nitrogens with zero attached hydrogens (tertiary/aromatic N) is 1. The van der Waals surface area contributed by atoms with Gasteiger partial charge in [-0.25, -0.2) is 0 Å². The highest BCUT2D eigenvalue weighted by Gasteiger charge is 2.34. The molecule has 2 atom stereocenters. The monoisotopic (exact) mass is 211 g/mol. The Balaban J connectivity index is 1.83. The van der Waals surface area contributed by atoms with Gasteiger partial charge in [-0.05, 0) is 50.6 Å². The first-order chi connectivity index (χ1) is 7.13. The van der Waals surface area contributed by atoms with Crippen molar-refractivity contribution in [2.75, 3.05) is 13.1 Å². The van der Waals surface area contributed by atoms with Crippen molar-refractivity contribution in [2.45, 2.75) is 64.5 Å². The summed E-state index contributed by atoms with van der Waals surface area (Å²) in [5.41, 5.74) is 0.591. The molecule has 0 radical (unpaired) electrons. The Bertz CT molecular complexity index is 209. The summed E-state index contributed by atoms with van der Waals surface area (Å²) in [6.45, 7) is 7.24. The fourth-order valence-electron chi connectivity index (χ4n) is 3.05. The third kappa shape index (κ3) is 2.54. The molecule has 1 saturated heterocycles. The van der Waals surface area contributed by atoms with Crippen LogP contribution in [-0.4, -0.2) is 35.2 Å². The molecule has 2 aliphatic rings. The normalized spacial score (nSPS) is 37.0. The average Bonchev–Trinajstić information content (AvgIpc) is 2.66. The lowest BCUT2D eigenvalue weighted by Crippen LogP contribution is -2.43. The summed E-state index contributed by atoms with van der Waals surface area (Å²) in [7, 11) is 0. The zero-order valence-electron chi connectivity index (χ0n) is 10.2. The number of aliphatic hydroxyl groups excluding tert-OH is 1. The van der Waals surface area contributed by atoms with Crippen LogP contribution in [-0.2, 0) is 0 Å². The van der Waals surface area contributed by atoms with Gasteiger partial charge in [-0.1, -0.05) is 20.3 Å². The largest absolute Gasteiger partial charge is 0.393 e. The van der Waals surface area contributed by atoms with E-state index in [-0.39, 0.29) is 6.10 Å². The van der Waals surface area contributed by atoms with Crippen molar-refractivity contribution in [1.82, 2.24) is 4.90 Å². The molecule has 0 amide bonds. The first-order valence-corrected chi connectivity index (χ1v) is 6.55. The number of likely N-dealkylation sites (tertiary alicyclic amines) is 1. The van der Waals surface area contributed by atoms with E-state index in [0.29, 0.717) is 11.5 Å². The molecule has 0 aromatic heterocycles. The van der Waals surface area contributed by atoms with Crippen LogP contribution in [0.4, 0.5) is 0 Å². The van der Waals surface area contributed by atoms with Gasteiger partial charge in [0.1, 0.15) is 0 Å². The van der Waals surface area contributed by atoms with Crippen molar-refractivity contribution in [3.63, 3.8) is 0 Å². The molecule has 2 heteroatoms. The first-order valence-electron chi connectivity index (χ1n) is 6.55. The van der Waals surface area contributed by atoms with Crippen LogP contribution in [0.1, 0.15) is 52.4 Å². The highest BCUT2D eigenvalue weighted by Crippen LogP contribution is 2.36. The molecule has 1 aliphatic heterocycles. The Morgan fingerprint density at radius 2 is 1.93 bits per heavy atom. The van der Waals surface area contributed by atoms with Crippen LogP contribution in [0.25, 0.3) is 0 Å². The lowest BCUT2D eigenvalue weighted by molar-refractivity contribution is 0.0754. The fraction of sp³-hybridized carbons (Fsp3) is 1.00. The SMILES string of the molecule is CCC1(C)CCN(C2CCC(O)C2)CC1. The van der Waals surface area contributed by atoms with E-state index in [9.17, 15) is 5.11 Å². The van der Waals surface area contributed by atoms with Crippen molar-refractivity contribution in [1.29, 1.82) is 0 Å². The summed E-state index contributed by atoms with van der Waals surface area (Å²) >= 11 is 0. The maximum Gasteiger partial charge on any atom is 0.0555 e. The standard InChI is InChI=1S/C13H25NO/c1-3-13(2)6-8-14(9-7-13)11-4-5-12(15)10-11/h11-12,15H,3-10H2,1-2H3.